The SMILES string of the molecule is c1ccc(-c2nc3c(ccc4ccc5ccc(-c6ccc7c(c6)-c6cc8oc9ccccc9c8c8cccc-7c68)cc5c43)s2)cc1. The second kappa shape index (κ2) is 8.91. The lowest BCUT2D eigenvalue weighted by Crippen LogP contribution is -1.85. The number of hydrogen-bond acceptors (Lipinski definition) is 3. The Hall–Kier alpha value is -5.77. The largest absolute Gasteiger partial charge is 0.456 e. The molecule has 0 N–H and O–H groups in total. The summed E-state index contributed by atoms with van der Waals surface area (Å²) in [5.41, 5.74) is 11.6. The van der Waals surface area contributed by atoms with Gasteiger partial charge in [0.25, 0.3) is 0 Å². The zero-order valence-electron chi connectivity index (χ0n) is 24.5. The number of furan rings is 1. The van der Waals surface area contributed by atoms with Crippen molar-refractivity contribution in [2.75, 3.05) is 0 Å². The third kappa shape index (κ3) is 3.27. The summed E-state index contributed by atoms with van der Waals surface area (Å²) in [7, 11) is 0. The highest BCUT2D eigenvalue weighted by molar-refractivity contribution is 7.21. The summed E-state index contributed by atoms with van der Waals surface area (Å²) >= 11 is 1.76. The lowest BCUT2D eigenvalue weighted by atomic mass is 9.94. The topological polar surface area (TPSA) is 26.0 Å². The molecule has 10 aromatic rings. The van der Waals surface area contributed by atoms with Crippen LogP contribution in [0.15, 0.2) is 144 Å². The summed E-state index contributed by atoms with van der Waals surface area (Å²) in [6.45, 7) is 0. The van der Waals surface area contributed by atoms with Crippen molar-refractivity contribution in [2.24, 2.45) is 0 Å². The second-order valence-corrected chi connectivity index (χ2v) is 13.3. The molecule has 0 saturated carbocycles. The molecule has 0 saturated heterocycles. The van der Waals surface area contributed by atoms with Gasteiger partial charge in [-0.05, 0) is 90.6 Å². The van der Waals surface area contributed by atoms with Gasteiger partial charge in [-0.3, -0.25) is 0 Å². The molecule has 0 radical (unpaired) electrons. The smallest absolute Gasteiger partial charge is 0.136 e. The monoisotopic (exact) mass is 601 g/mol. The Morgan fingerprint density at radius 2 is 1.22 bits per heavy atom. The van der Waals surface area contributed by atoms with E-state index in [9.17, 15) is 0 Å². The van der Waals surface area contributed by atoms with Crippen LogP contribution in [0.2, 0.25) is 0 Å². The number of nitrogens with zero attached hydrogens (tertiary/aromatic N) is 1. The third-order valence-electron chi connectivity index (χ3n) is 9.81. The third-order valence-corrected chi connectivity index (χ3v) is 10.9. The highest BCUT2D eigenvalue weighted by Gasteiger charge is 2.25. The fourth-order valence-corrected chi connectivity index (χ4v) is 8.71. The Labute approximate surface area is 267 Å². The fourth-order valence-electron chi connectivity index (χ4n) is 7.73. The maximum Gasteiger partial charge on any atom is 0.136 e. The van der Waals surface area contributed by atoms with Gasteiger partial charge in [-0.1, -0.05) is 109 Å². The minimum Gasteiger partial charge on any atom is -0.456 e. The molecule has 2 aromatic heterocycles. The lowest BCUT2D eigenvalue weighted by molar-refractivity contribution is 0.669. The molecule has 1 aliphatic rings. The highest BCUT2D eigenvalue weighted by atomic mass is 32.1. The van der Waals surface area contributed by atoms with Gasteiger partial charge in [0.15, 0.2) is 0 Å². The van der Waals surface area contributed by atoms with E-state index in [0.717, 1.165) is 27.3 Å². The lowest BCUT2D eigenvalue weighted by Gasteiger charge is -2.10. The second-order valence-electron chi connectivity index (χ2n) is 12.3. The molecule has 1 aliphatic carbocycles. The highest BCUT2D eigenvalue weighted by Crippen LogP contribution is 2.51. The number of benzene rings is 8. The van der Waals surface area contributed by atoms with E-state index in [1.54, 1.807) is 11.3 Å². The van der Waals surface area contributed by atoms with Crippen molar-refractivity contribution in [1.29, 1.82) is 0 Å². The van der Waals surface area contributed by atoms with Gasteiger partial charge in [-0.25, -0.2) is 4.98 Å². The average Bonchev–Trinajstić information content (AvgIpc) is 3.81. The first-order valence-electron chi connectivity index (χ1n) is 15.6. The summed E-state index contributed by atoms with van der Waals surface area (Å²) < 4.78 is 7.62. The molecule has 2 nitrogen and oxygen atoms in total. The van der Waals surface area contributed by atoms with Crippen molar-refractivity contribution in [2.45, 2.75) is 0 Å². The molecular formula is C43H23NOS. The van der Waals surface area contributed by atoms with Gasteiger partial charge in [0.2, 0.25) is 0 Å². The van der Waals surface area contributed by atoms with Gasteiger partial charge in [-0.2, -0.15) is 0 Å². The molecular weight excluding hydrogens is 579 g/mol. The van der Waals surface area contributed by atoms with Crippen LogP contribution in [0.4, 0.5) is 0 Å². The van der Waals surface area contributed by atoms with Crippen LogP contribution < -0.4 is 0 Å². The van der Waals surface area contributed by atoms with Crippen molar-refractivity contribution >= 4 is 75.8 Å². The van der Waals surface area contributed by atoms with Gasteiger partial charge < -0.3 is 4.42 Å². The zero-order chi connectivity index (χ0) is 29.9. The van der Waals surface area contributed by atoms with Crippen LogP contribution in [0, 0.1) is 0 Å². The van der Waals surface area contributed by atoms with Crippen LogP contribution in [-0.4, -0.2) is 4.98 Å². The van der Waals surface area contributed by atoms with Crippen molar-refractivity contribution in [3.05, 3.63) is 140 Å². The molecule has 8 aromatic carbocycles. The van der Waals surface area contributed by atoms with Crippen molar-refractivity contribution in [1.82, 2.24) is 4.98 Å². The quantitative estimate of drug-likeness (QED) is 0.184. The Morgan fingerprint density at radius 3 is 2.17 bits per heavy atom. The van der Waals surface area contributed by atoms with Gasteiger partial charge in [0.1, 0.15) is 16.2 Å². The van der Waals surface area contributed by atoms with E-state index in [4.69, 9.17) is 9.40 Å². The van der Waals surface area contributed by atoms with E-state index in [2.05, 4.69) is 133 Å². The summed E-state index contributed by atoms with van der Waals surface area (Å²) in [5, 5.41) is 10.9. The molecule has 3 heteroatoms. The van der Waals surface area contributed by atoms with E-state index in [-0.39, 0.29) is 0 Å². The Balaban J connectivity index is 1.12. The molecule has 0 fully saturated rings. The number of para-hydroxylation sites is 1. The molecule has 0 spiro atoms. The van der Waals surface area contributed by atoms with E-state index in [0.29, 0.717) is 0 Å². The molecule has 11 rings (SSSR count). The van der Waals surface area contributed by atoms with E-state index in [1.165, 1.54) is 81.2 Å². The Kier molecular flexibility index (Phi) is 4.75. The van der Waals surface area contributed by atoms with E-state index < -0.39 is 0 Å². The van der Waals surface area contributed by atoms with Gasteiger partial charge in [0.05, 0.1) is 10.2 Å². The summed E-state index contributed by atoms with van der Waals surface area (Å²) in [4.78, 5) is 5.21. The normalized spacial score (nSPS) is 12.3. The number of thiazole rings is 1. The molecule has 46 heavy (non-hydrogen) atoms. The molecule has 212 valence electrons. The Morgan fingerprint density at radius 1 is 0.435 bits per heavy atom. The maximum absolute atomic E-state index is 6.41. The van der Waals surface area contributed by atoms with Crippen molar-refractivity contribution in [3.63, 3.8) is 0 Å². The molecule has 0 unspecified atom stereocenters. The molecule has 0 bridgehead atoms. The minimum absolute atomic E-state index is 0.935. The van der Waals surface area contributed by atoms with Crippen LogP contribution in [-0.2, 0) is 0 Å². The molecule has 0 aliphatic heterocycles. The van der Waals surface area contributed by atoms with Gasteiger partial charge in [-0.15, -0.1) is 11.3 Å². The number of aromatic nitrogens is 1. The van der Waals surface area contributed by atoms with E-state index in [1.807, 2.05) is 6.07 Å². The first-order chi connectivity index (χ1) is 22.8. The van der Waals surface area contributed by atoms with E-state index >= 15 is 0 Å². The average molecular weight is 602 g/mol. The first-order valence-corrected chi connectivity index (χ1v) is 16.4. The number of rotatable bonds is 2. The summed E-state index contributed by atoms with van der Waals surface area (Å²) in [5.74, 6) is 0. The van der Waals surface area contributed by atoms with Crippen LogP contribution in [0.1, 0.15) is 0 Å². The Bertz CT molecular complexity index is 2910. The van der Waals surface area contributed by atoms with Crippen molar-refractivity contribution in [3.8, 4) is 44.0 Å². The maximum atomic E-state index is 6.41. The predicted molar refractivity (Wildman–Crippen MR) is 195 cm³/mol. The van der Waals surface area contributed by atoms with Gasteiger partial charge in [0, 0.05) is 21.7 Å². The van der Waals surface area contributed by atoms with Gasteiger partial charge >= 0.3 is 0 Å². The fraction of sp³-hybridized carbons (Fsp3) is 0. The van der Waals surface area contributed by atoms with Crippen molar-refractivity contribution < 1.29 is 4.42 Å². The number of hydrogen-bond donors (Lipinski definition) is 0. The van der Waals surface area contributed by atoms with Crippen LogP contribution in [0.25, 0.3) is 108 Å². The number of fused-ring (bicyclic) bond motifs is 12. The molecule has 2 heterocycles. The minimum atomic E-state index is 0.935. The summed E-state index contributed by atoms with van der Waals surface area (Å²) in [6, 6.07) is 50.6. The molecule has 0 atom stereocenters. The van der Waals surface area contributed by atoms with Crippen LogP contribution in [0.5, 0.6) is 0 Å². The summed E-state index contributed by atoms with van der Waals surface area (Å²) in [6.07, 6.45) is 0. The predicted octanol–water partition coefficient (Wildman–Crippen LogP) is 12.6. The van der Waals surface area contributed by atoms with Crippen LogP contribution in [0.3, 0.4) is 0 Å². The first kappa shape index (κ1) is 24.5. The zero-order valence-corrected chi connectivity index (χ0v) is 25.4. The standard InChI is InChI=1S/C43H23NOS/c1-2-7-26(8-3-1)43-44-42-38(46-43)20-18-25-15-13-24-14-16-27(21-33(24)39(25)42)28-17-19-29-30-10-6-11-32-40(30)35(34(29)22-28)23-37-41(32)31-9-4-5-12-36(31)45-37/h1-23H. The molecule has 0 amide bonds. The van der Waals surface area contributed by atoms with Crippen LogP contribution >= 0.6 is 11.3 Å².